The molecule has 2 aromatic rings. The van der Waals surface area contributed by atoms with Crippen molar-refractivity contribution < 1.29 is 4.74 Å². The molecule has 1 N–H and O–H groups in total. The molecule has 2 rings (SSSR count). The highest BCUT2D eigenvalue weighted by atomic mass is 16.5. The van der Waals surface area contributed by atoms with Crippen LogP contribution in [0.15, 0.2) is 18.5 Å². The van der Waals surface area contributed by atoms with Gasteiger partial charge in [0, 0.05) is 11.4 Å². The van der Waals surface area contributed by atoms with Crippen LogP contribution in [0.25, 0.3) is 0 Å². The molecule has 0 unspecified atom stereocenters. The second-order valence-electron chi connectivity index (χ2n) is 3.92. The van der Waals surface area contributed by atoms with Gasteiger partial charge in [0.25, 0.3) is 0 Å². The van der Waals surface area contributed by atoms with Crippen molar-refractivity contribution in [2.24, 2.45) is 0 Å². The van der Waals surface area contributed by atoms with Gasteiger partial charge in [-0.3, -0.25) is 10.1 Å². The summed E-state index contributed by atoms with van der Waals surface area (Å²) in [6, 6.07) is 4.10. The lowest BCUT2D eigenvalue weighted by molar-refractivity contribution is 0.393. The molecule has 0 spiro atoms. The fourth-order valence-corrected chi connectivity index (χ4v) is 1.70. The number of nitrogens with zero attached hydrogens (tertiary/aromatic N) is 3. The molecule has 90 valence electrons. The highest BCUT2D eigenvalue weighted by molar-refractivity contribution is 5.48. The average Bonchev–Trinajstić information content (AvgIpc) is 2.63. The van der Waals surface area contributed by atoms with E-state index in [4.69, 9.17) is 4.74 Å². The number of hydrogen-bond donors (Lipinski definition) is 1. The Bertz CT molecular complexity index is 514. The van der Waals surface area contributed by atoms with E-state index in [1.165, 1.54) is 6.33 Å². The van der Waals surface area contributed by atoms with Crippen LogP contribution in [0.3, 0.4) is 0 Å². The van der Waals surface area contributed by atoms with Gasteiger partial charge >= 0.3 is 0 Å². The maximum atomic E-state index is 5.16. The minimum absolute atomic E-state index is 0.588. The topological polar surface area (TPSA) is 52.0 Å². The van der Waals surface area contributed by atoms with E-state index in [-0.39, 0.29) is 0 Å². The molecule has 0 bridgehead atoms. The first-order chi connectivity index (χ1) is 8.13. The number of aromatic nitrogens is 3. The molecule has 0 saturated heterocycles. The first-order valence-electron chi connectivity index (χ1n) is 5.41. The van der Waals surface area contributed by atoms with E-state index < -0.39 is 0 Å². The number of rotatable bonds is 3. The summed E-state index contributed by atoms with van der Waals surface area (Å²) >= 11 is 0. The Morgan fingerprint density at radius 2 is 1.76 bits per heavy atom. The Hall–Kier alpha value is -2.04. The van der Waals surface area contributed by atoms with Crippen molar-refractivity contribution in [2.75, 3.05) is 12.5 Å². The van der Waals surface area contributed by atoms with E-state index in [0.29, 0.717) is 5.88 Å². The fourth-order valence-electron chi connectivity index (χ4n) is 1.70. The molecule has 5 heteroatoms. The normalized spacial score (nSPS) is 10.4. The molecule has 0 saturated carbocycles. The van der Waals surface area contributed by atoms with E-state index in [1.807, 2.05) is 25.4 Å². The number of aryl methyl sites for hydroxylation is 2. The molecule has 17 heavy (non-hydrogen) atoms. The third kappa shape index (κ3) is 2.08. The maximum absolute atomic E-state index is 5.16. The molecule has 0 fully saturated rings. The van der Waals surface area contributed by atoms with Crippen LogP contribution in [0.1, 0.15) is 17.0 Å². The lowest BCUT2D eigenvalue weighted by Gasteiger charge is -2.14. The largest absolute Gasteiger partial charge is 0.481 e. The predicted molar refractivity (Wildman–Crippen MR) is 66.2 cm³/mol. The first kappa shape index (κ1) is 11.4. The van der Waals surface area contributed by atoms with Crippen molar-refractivity contribution in [1.82, 2.24) is 14.6 Å². The average molecular weight is 232 g/mol. The molecule has 0 radical (unpaired) electrons. The summed E-state index contributed by atoms with van der Waals surface area (Å²) in [6.45, 7) is 6.00. The Balaban J connectivity index is 2.37. The minimum Gasteiger partial charge on any atom is -0.481 e. The van der Waals surface area contributed by atoms with Crippen LogP contribution in [0.4, 0.5) is 5.82 Å². The standard InChI is InChI=1S/C12H16N4O/c1-8-5-6-9(2)16(8)15-11-10(3)12(17-4)14-7-13-11/h5-7H,1-4H3,(H,13,14,15). The Kier molecular flexibility index (Phi) is 2.99. The second kappa shape index (κ2) is 4.45. The van der Waals surface area contributed by atoms with Gasteiger partial charge in [0.1, 0.15) is 6.33 Å². The van der Waals surface area contributed by atoms with Crippen LogP contribution in [0.2, 0.25) is 0 Å². The number of anilines is 1. The molecule has 0 amide bonds. The van der Waals surface area contributed by atoms with Crippen LogP contribution >= 0.6 is 0 Å². The zero-order chi connectivity index (χ0) is 12.4. The van der Waals surface area contributed by atoms with E-state index >= 15 is 0 Å². The van der Waals surface area contributed by atoms with Gasteiger partial charge in [0.05, 0.1) is 12.7 Å². The van der Waals surface area contributed by atoms with Crippen molar-refractivity contribution in [3.05, 3.63) is 35.4 Å². The lowest BCUT2D eigenvalue weighted by Crippen LogP contribution is -2.14. The number of nitrogens with one attached hydrogen (secondary N) is 1. The summed E-state index contributed by atoms with van der Waals surface area (Å²) in [5.74, 6) is 1.34. The second-order valence-corrected chi connectivity index (χ2v) is 3.92. The summed E-state index contributed by atoms with van der Waals surface area (Å²) in [5.41, 5.74) is 6.39. The number of methoxy groups -OCH3 is 1. The molecule has 2 heterocycles. The van der Waals surface area contributed by atoms with Crippen LogP contribution in [-0.4, -0.2) is 21.8 Å². The molecule has 0 aromatic carbocycles. The summed E-state index contributed by atoms with van der Waals surface area (Å²) in [5, 5.41) is 0. The van der Waals surface area contributed by atoms with Gasteiger partial charge < -0.3 is 4.74 Å². The zero-order valence-electron chi connectivity index (χ0n) is 10.5. The zero-order valence-corrected chi connectivity index (χ0v) is 10.5. The van der Waals surface area contributed by atoms with Crippen molar-refractivity contribution in [2.45, 2.75) is 20.8 Å². The number of ether oxygens (including phenoxy) is 1. The highest BCUT2D eigenvalue weighted by Crippen LogP contribution is 2.20. The van der Waals surface area contributed by atoms with Crippen molar-refractivity contribution >= 4 is 5.82 Å². The molecule has 0 atom stereocenters. The SMILES string of the molecule is COc1ncnc(Nn2c(C)ccc2C)c1C. The molecule has 0 aliphatic carbocycles. The van der Waals surface area contributed by atoms with E-state index in [2.05, 4.69) is 27.5 Å². The van der Waals surface area contributed by atoms with Crippen molar-refractivity contribution in [3.63, 3.8) is 0 Å². The summed E-state index contributed by atoms with van der Waals surface area (Å²) in [7, 11) is 1.60. The third-order valence-corrected chi connectivity index (χ3v) is 2.72. The van der Waals surface area contributed by atoms with Gasteiger partial charge in [-0.25, -0.2) is 9.97 Å². The quantitative estimate of drug-likeness (QED) is 0.880. The van der Waals surface area contributed by atoms with Crippen LogP contribution in [0.5, 0.6) is 5.88 Å². The smallest absolute Gasteiger partial charge is 0.221 e. The van der Waals surface area contributed by atoms with Gasteiger partial charge in [-0.1, -0.05) is 0 Å². The predicted octanol–water partition coefficient (Wildman–Crippen LogP) is 2.09. The summed E-state index contributed by atoms with van der Waals surface area (Å²) in [6.07, 6.45) is 1.49. The molecular formula is C12H16N4O. The molecular weight excluding hydrogens is 216 g/mol. The summed E-state index contributed by atoms with van der Waals surface area (Å²) in [4.78, 5) is 8.27. The van der Waals surface area contributed by atoms with Gasteiger partial charge in [-0.15, -0.1) is 0 Å². The molecule has 0 aliphatic rings. The van der Waals surface area contributed by atoms with Gasteiger partial charge in [-0.2, -0.15) is 0 Å². The molecule has 0 aliphatic heterocycles. The monoisotopic (exact) mass is 232 g/mol. The first-order valence-corrected chi connectivity index (χ1v) is 5.41. The summed E-state index contributed by atoms with van der Waals surface area (Å²) < 4.78 is 7.15. The maximum Gasteiger partial charge on any atom is 0.221 e. The fraction of sp³-hybridized carbons (Fsp3) is 0.333. The van der Waals surface area contributed by atoms with Gasteiger partial charge in [0.15, 0.2) is 5.82 Å². The Labute approximate surface area is 100 Å². The number of hydrogen-bond acceptors (Lipinski definition) is 4. The molecule has 2 aromatic heterocycles. The minimum atomic E-state index is 0.588. The molecule has 5 nitrogen and oxygen atoms in total. The lowest BCUT2D eigenvalue weighted by atomic mass is 10.3. The third-order valence-electron chi connectivity index (χ3n) is 2.72. The van der Waals surface area contributed by atoms with E-state index in [9.17, 15) is 0 Å². The van der Waals surface area contributed by atoms with E-state index in [1.54, 1.807) is 7.11 Å². The van der Waals surface area contributed by atoms with E-state index in [0.717, 1.165) is 22.8 Å². The van der Waals surface area contributed by atoms with Crippen LogP contribution in [-0.2, 0) is 0 Å². The highest BCUT2D eigenvalue weighted by Gasteiger charge is 2.08. The van der Waals surface area contributed by atoms with Crippen molar-refractivity contribution in [1.29, 1.82) is 0 Å². The Morgan fingerprint density at radius 1 is 1.12 bits per heavy atom. The van der Waals surface area contributed by atoms with Gasteiger partial charge in [-0.05, 0) is 32.9 Å². The Morgan fingerprint density at radius 3 is 2.35 bits per heavy atom. The van der Waals surface area contributed by atoms with Gasteiger partial charge in [0.2, 0.25) is 5.88 Å². The van der Waals surface area contributed by atoms with Crippen molar-refractivity contribution in [3.8, 4) is 5.88 Å². The van der Waals surface area contributed by atoms with Crippen LogP contribution in [0, 0.1) is 20.8 Å². The van der Waals surface area contributed by atoms with Crippen LogP contribution < -0.4 is 10.2 Å².